The van der Waals surface area contributed by atoms with Crippen molar-refractivity contribution in [1.29, 1.82) is 0 Å². The number of benzene rings is 1. The number of hydrogen-bond donors (Lipinski definition) is 0. The third-order valence-corrected chi connectivity index (χ3v) is 4.01. The van der Waals surface area contributed by atoms with Gasteiger partial charge in [0.05, 0.1) is 5.56 Å². The van der Waals surface area contributed by atoms with Crippen molar-refractivity contribution in [3.63, 3.8) is 0 Å². The van der Waals surface area contributed by atoms with Gasteiger partial charge in [-0.15, -0.1) is 9.24 Å². The third kappa shape index (κ3) is 3.82. The van der Waals surface area contributed by atoms with Crippen molar-refractivity contribution >= 4 is 14.8 Å². The molecule has 0 saturated heterocycles. The minimum Gasteiger partial charge on any atom is -0.166 e. The molecule has 1 aromatic rings. The van der Waals surface area contributed by atoms with Gasteiger partial charge in [-0.2, -0.15) is 13.2 Å². The van der Waals surface area contributed by atoms with Crippen molar-refractivity contribution < 1.29 is 13.2 Å². The van der Waals surface area contributed by atoms with Crippen molar-refractivity contribution in [2.45, 2.75) is 31.9 Å². The van der Waals surface area contributed by atoms with Crippen molar-refractivity contribution in [2.24, 2.45) is 5.92 Å². The molecule has 0 aromatic heterocycles. The molecule has 0 heterocycles. The van der Waals surface area contributed by atoms with Crippen LogP contribution in [-0.2, 0) is 6.18 Å². The van der Waals surface area contributed by atoms with Crippen LogP contribution in [0.4, 0.5) is 13.2 Å². The Morgan fingerprint density at radius 1 is 1.16 bits per heavy atom. The van der Waals surface area contributed by atoms with E-state index in [2.05, 4.69) is 15.3 Å². The van der Waals surface area contributed by atoms with Crippen molar-refractivity contribution in [2.75, 3.05) is 6.16 Å². The average molecular weight is 286 g/mol. The van der Waals surface area contributed by atoms with Crippen molar-refractivity contribution in [3.05, 3.63) is 41.5 Å². The van der Waals surface area contributed by atoms with Gasteiger partial charge in [-0.1, -0.05) is 18.2 Å². The Morgan fingerprint density at radius 3 is 2.32 bits per heavy atom. The molecular weight excluding hydrogens is 268 g/mol. The molecular formula is C15H18F3P. The van der Waals surface area contributed by atoms with E-state index in [9.17, 15) is 13.2 Å². The molecule has 0 spiro atoms. The van der Waals surface area contributed by atoms with Crippen LogP contribution in [0.3, 0.4) is 0 Å². The zero-order valence-electron chi connectivity index (χ0n) is 10.7. The van der Waals surface area contributed by atoms with Gasteiger partial charge in [0, 0.05) is 0 Å². The fourth-order valence-electron chi connectivity index (χ4n) is 2.52. The van der Waals surface area contributed by atoms with E-state index in [4.69, 9.17) is 0 Å². The van der Waals surface area contributed by atoms with Crippen LogP contribution >= 0.6 is 9.24 Å². The lowest BCUT2D eigenvalue weighted by atomic mass is 9.85. The second-order valence-electron chi connectivity index (χ2n) is 5.02. The monoisotopic (exact) mass is 286 g/mol. The lowest BCUT2D eigenvalue weighted by Gasteiger charge is -2.21. The second kappa shape index (κ2) is 6.09. The Hall–Kier alpha value is -0.820. The van der Waals surface area contributed by atoms with Crippen molar-refractivity contribution in [3.8, 4) is 0 Å². The largest absolute Gasteiger partial charge is 0.416 e. The van der Waals surface area contributed by atoms with E-state index in [-0.39, 0.29) is 0 Å². The molecule has 0 saturated carbocycles. The highest BCUT2D eigenvalue weighted by Gasteiger charge is 2.30. The molecule has 1 aliphatic carbocycles. The molecule has 0 amide bonds. The molecule has 1 aromatic carbocycles. The molecule has 19 heavy (non-hydrogen) atoms. The Bertz CT molecular complexity index is 445. The highest BCUT2D eigenvalue weighted by Crippen LogP contribution is 2.34. The summed E-state index contributed by atoms with van der Waals surface area (Å²) in [5.74, 6) is 0.732. The Labute approximate surface area is 114 Å². The van der Waals surface area contributed by atoms with E-state index in [1.807, 2.05) is 0 Å². The third-order valence-electron chi connectivity index (χ3n) is 3.68. The second-order valence-corrected chi connectivity index (χ2v) is 5.60. The Morgan fingerprint density at radius 2 is 1.84 bits per heavy atom. The van der Waals surface area contributed by atoms with E-state index in [0.717, 1.165) is 36.9 Å². The van der Waals surface area contributed by atoms with Crippen LogP contribution in [0.1, 0.15) is 36.8 Å². The van der Waals surface area contributed by atoms with Gasteiger partial charge in [-0.25, -0.2) is 0 Å². The summed E-state index contributed by atoms with van der Waals surface area (Å²) in [6.45, 7) is 0. The van der Waals surface area contributed by atoms with Crippen LogP contribution in [0.15, 0.2) is 30.3 Å². The van der Waals surface area contributed by atoms with Gasteiger partial charge >= 0.3 is 6.18 Å². The van der Waals surface area contributed by atoms with Gasteiger partial charge in [0.15, 0.2) is 0 Å². The first-order chi connectivity index (χ1) is 9.00. The molecule has 104 valence electrons. The highest BCUT2D eigenvalue weighted by atomic mass is 31.0. The van der Waals surface area contributed by atoms with Crippen LogP contribution in [0, 0.1) is 5.92 Å². The molecule has 2 unspecified atom stereocenters. The van der Waals surface area contributed by atoms with Crippen LogP contribution in [0.25, 0.3) is 5.57 Å². The minimum atomic E-state index is -4.25. The molecule has 0 nitrogen and oxygen atoms in total. The number of alkyl halides is 3. The molecule has 0 N–H and O–H groups in total. The minimum absolute atomic E-state index is 0.575. The SMILES string of the molecule is FC(F)(F)c1ccc(C2=CCC(CCP)CC2)cc1. The summed E-state index contributed by atoms with van der Waals surface area (Å²) in [4.78, 5) is 0. The predicted molar refractivity (Wildman–Crippen MR) is 76.0 cm³/mol. The Kier molecular flexibility index (Phi) is 4.67. The predicted octanol–water partition coefficient (Wildman–Crippen LogP) is 5.15. The number of hydrogen-bond acceptors (Lipinski definition) is 0. The van der Waals surface area contributed by atoms with E-state index in [1.165, 1.54) is 24.1 Å². The van der Waals surface area contributed by atoms with Gasteiger partial charge in [-0.3, -0.25) is 0 Å². The molecule has 0 aliphatic heterocycles. The summed E-state index contributed by atoms with van der Waals surface area (Å²) in [6.07, 6.45) is 3.43. The van der Waals surface area contributed by atoms with Crippen LogP contribution in [0.2, 0.25) is 0 Å². The first kappa shape index (κ1) is 14.6. The highest BCUT2D eigenvalue weighted by molar-refractivity contribution is 7.16. The first-order valence-electron chi connectivity index (χ1n) is 6.57. The maximum atomic E-state index is 12.5. The molecule has 1 aliphatic rings. The summed E-state index contributed by atoms with van der Waals surface area (Å²) in [5.41, 5.74) is 1.54. The van der Waals surface area contributed by atoms with E-state index in [0.29, 0.717) is 0 Å². The van der Waals surface area contributed by atoms with Gasteiger partial charge < -0.3 is 0 Å². The van der Waals surface area contributed by atoms with E-state index in [1.54, 1.807) is 12.1 Å². The zero-order valence-corrected chi connectivity index (χ0v) is 11.9. The zero-order chi connectivity index (χ0) is 13.9. The average Bonchev–Trinajstić information content (AvgIpc) is 2.39. The fourth-order valence-corrected chi connectivity index (χ4v) is 2.99. The van der Waals surface area contributed by atoms with Crippen molar-refractivity contribution in [1.82, 2.24) is 0 Å². The molecule has 2 atom stereocenters. The lowest BCUT2D eigenvalue weighted by Crippen LogP contribution is -2.07. The Balaban J connectivity index is 2.07. The summed E-state index contributed by atoms with van der Waals surface area (Å²) >= 11 is 0. The lowest BCUT2D eigenvalue weighted by molar-refractivity contribution is -0.137. The van der Waals surface area contributed by atoms with Gasteiger partial charge in [0.2, 0.25) is 0 Å². The van der Waals surface area contributed by atoms with Gasteiger partial charge in [0.1, 0.15) is 0 Å². The van der Waals surface area contributed by atoms with Crippen LogP contribution in [0.5, 0.6) is 0 Å². The molecule has 0 radical (unpaired) electrons. The molecule has 2 rings (SSSR count). The number of rotatable bonds is 3. The topological polar surface area (TPSA) is 0 Å². The molecule has 0 fully saturated rings. The van der Waals surface area contributed by atoms with Crippen LogP contribution in [-0.4, -0.2) is 6.16 Å². The summed E-state index contributed by atoms with van der Waals surface area (Å²) in [6, 6.07) is 5.52. The number of allylic oxidation sites excluding steroid dienone is 2. The first-order valence-corrected chi connectivity index (χ1v) is 7.39. The fraction of sp³-hybridized carbons (Fsp3) is 0.467. The summed E-state index contributed by atoms with van der Waals surface area (Å²) < 4.78 is 37.4. The van der Waals surface area contributed by atoms with Crippen LogP contribution < -0.4 is 0 Å². The van der Waals surface area contributed by atoms with Gasteiger partial charge in [-0.05, 0) is 61.0 Å². The quantitative estimate of drug-likeness (QED) is 0.674. The molecule has 4 heteroatoms. The normalized spacial score (nSPS) is 20.2. The van der Waals surface area contributed by atoms with E-state index < -0.39 is 11.7 Å². The van der Waals surface area contributed by atoms with Gasteiger partial charge in [0.25, 0.3) is 0 Å². The molecule has 0 bridgehead atoms. The smallest absolute Gasteiger partial charge is 0.166 e. The maximum Gasteiger partial charge on any atom is 0.416 e. The number of halogens is 3. The van der Waals surface area contributed by atoms with E-state index >= 15 is 0 Å². The summed E-state index contributed by atoms with van der Waals surface area (Å²) in [7, 11) is 2.75. The summed E-state index contributed by atoms with van der Waals surface area (Å²) in [5, 5.41) is 0. The maximum absolute atomic E-state index is 12.5. The standard InChI is InChI=1S/C15H18F3P/c16-15(17,18)14-7-5-13(6-8-14)12-3-1-11(2-4-12)9-10-19/h3,5-8,11H,1-2,4,9-10,19H2.